The van der Waals surface area contributed by atoms with Crippen LogP contribution in [0.2, 0.25) is 0 Å². The van der Waals surface area contributed by atoms with E-state index in [0.717, 1.165) is 44.0 Å². The van der Waals surface area contributed by atoms with Gasteiger partial charge in [-0.3, -0.25) is 9.78 Å². The highest BCUT2D eigenvalue weighted by Gasteiger charge is 2.63. The summed E-state index contributed by atoms with van der Waals surface area (Å²) in [6.07, 6.45) is 1.13. The van der Waals surface area contributed by atoms with Crippen LogP contribution in [0.4, 0.5) is 27.6 Å². The molecule has 10 heteroatoms. The molecule has 3 fully saturated rings. The molecule has 2 aromatic rings. The van der Waals surface area contributed by atoms with Gasteiger partial charge in [0.2, 0.25) is 0 Å². The number of alkyl halides is 3. The number of rotatable bonds is 5. The Morgan fingerprint density at radius 2 is 1.82 bits per heavy atom. The smallest absolute Gasteiger partial charge is 0.368 e. The van der Waals surface area contributed by atoms with Crippen LogP contribution in [0.25, 0.3) is 11.1 Å². The Morgan fingerprint density at radius 1 is 1.09 bits per heavy atom. The molecule has 182 valence electrons. The number of carbonyl (C=O) groups is 1. The van der Waals surface area contributed by atoms with Gasteiger partial charge in [0.25, 0.3) is 5.91 Å². The highest BCUT2D eigenvalue weighted by Crippen LogP contribution is 2.57. The van der Waals surface area contributed by atoms with Crippen LogP contribution in [-0.4, -0.2) is 48.8 Å². The number of carbonyl (C=O) groups excluding carboxylic acids is 1. The normalized spacial score (nSPS) is 23.5. The number of halogens is 5. The molecule has 3 aliphatic rings. The van der Waals surface area contributed by atoms with Crippen molar-refractivity contribution >= 4 is 11.6 Å². The molecule has 1 unspecified atom stereocenters. The Kier molecular flexibility index (Phi) is 5.54. The summed E-state index contributed by atoms with van der Waals surface area (Å²) in [5.41, 5.74) is -0.905. The number of hydrogen-bond acceptors (Lipinski definition) is 4. The second-order valence-electron chi connectivity index (χ2n) is 9.68. The predicted octanol–water partition coefficient (Wildman–Crippen LogP) is 4.43. The lowest BCUT2D eigenvalue weighted by atomic mass is 9.96. The molecule has 3 heterocycles. The van der Waals surface area contributed by atoms with Crippen LogP contribution < -0.4 is 15.5 Å². The Labute approximate surface area is 193 Å². The maximum atomic E-state index is 14.0. The van der Waals surface area contributed by atoms with E-state index >= 15 is 0 Å². The van der Waals surface area contributed by atoms with Gasteiger partial charge in [-0.2, -0.15) is 13.2 Å². The molecule has 2 N–H and O–H groups in total. The lowest BCUT2D eigenvalue weighted by Crippen LogP contribution is -2.43. The van der Waals surface area contributed by atoms with Crippen molar-refractivity contribution in [2.45, 2.75) is 43.8 Å². The van der Waals surface area contributed by atoms with E-state index in [4.69, 9.17) is 0 Å². The zero-order chi connectivity index (χ0) is 24.1. The van der Waals surface area contributed by atoms with Crippen molar-refractivity contribution in [3.8, 4) is 11.1 Å². The lowest BCUT2D eigenvalue weighted by molar-refractivity contribution is -0.184. The van der Waals surface area contributed by atoms with Crippen molar-refractivity contribution in [3.63, 3.8) is 0 Å². The van der Waals surface area contributed by atoms with Crippen LogP contribution in [0, 0.1) is 17.0 Å². The molecule has 1 amide bonds. The summed E-state index contributed by atoms with van der Waals surface area (Å²) < 4.78 is 68.1. The first-order valence-electron chi connectivity index (χ1n) is 11.4. The first-order valence-corrected chi connectivity index (χ1v) is 11.4. The van der Waals surface area contributed by atoms with Crippen molar-refractivity contribution in [1.29, 1.82) is 0 Å². The fourth-order valence-corrected chi connectivity index (χ4v) is 5.22. The average Bonchev–Trinajstić information content (AvgIpc) is 3.28. The van der Waals surface area contributed by atoms with Crippen LogP contribution in [0.15, 0.2) is 30.6 Å². The number of anilines is 1. The van der Waals surface area contributed by atoms with Crippen LogP contribution in [0.1, 0.15) is 42.5 Å². The Morgan fingerprint density at radius 3 is 2.44 bits per heavy atom. The minimum absolute atomic E-state index is 0.0230. The number of benzene rings is 1. The maximum Gasteiger partial charge on any atom is 0.396 e. The van der Waals surface area contributed by atoms with Gasteiger partial charge >= 0.3 is 6.18 Å². The average molecular weight is 480 g/mol. The fraction of sp³-hybridized carbons (Fsp3) is 0.500. The van der Waals surface area contributed by atoms with Crippen molar-refractivity contribution in [2.24, 2.45) is 5.41 Å². The van der Waals surface area contributed by atoms with Gasteiger partial charge in [-0.1, -0.05) is 0 Å². The van der Waals surface area contributed by atoms with Gasteiger partial charge in [0.05, 0.1) is 16.7 Å². The minimum Gasteiger partial charge on any atom is -0.368 e. The van der Waals surface area contributed by atoms with Gasteiger partial charge in [-0.15, -0.1) is 0 Å². The summed E-state index contributed by atoms with van der Waals surface area (Å²) >= 11 is 0. The van der Waals surface area contributed by atoms with Crippen molar-refractivity contribution in [3.05, 3.63) is 47.8 Å². The molecule has 5 nitrogen and oxygen atoms in total. The summed E-state index contributed by atoms with van der Waals surface area (Å²) in [5.74, 6) is -2.23. The summed E-state index contributed by atoms with van der Waals surface area (Å²) in [4.78, 5) is 19.2. The van der Waals surface area contributed by atoms with E-state index < -0.39 is 35.7 Å². The third-order valence-corrected chi connectivity index (χ3v) is 7.38. The Bertz CT molecular complexity index is 1090. The molecule has 2 aliphatic heterocycles. The van der Waals surface area contributed by atoms with Gasteiger partial charge in [-0.25, -0.2) is 8.78 Å². The van der Waals surface area contributed by atoms with E-state index in [0.29, 0.717) is 24.3 Å². The monoisotopic (exact) mass is 480 g/mol. The van der Waals surface area contributed by atoms with Crippen LogP contribution in [0.5, 0.6) is 0 Å². The number of nitrogens with zero attached hydrogens (tertiary/aromatic N) is 2. The second-order valence-corrected chi connectivity index (χ2v) is 9.68. The molecule has 1 aliphatic carbocycles. The number of hydrogen-bond donors (Lipinski definition) is 2. The molecular formula is C24H25F5N4O. The summed E-state index contributed by atoms with van der Waals surface area (Å²) in [7, 11) is 0. The number of aromatic nitrogens is 1. The molecule has 1 atom stereocenters. The molecule has 0 bridgehead atoms. The third kappa shape index (κ3) is 4.12. The minimum atomic E-state index is -4.39. The Hall–Kier alpha value is -2.75. The largest absolute Gasteiger partial charge is 0.396 e. The van der Waals surface area contributed by atoms with Crippen LogP contribution in [-0.2, 0) is 0 Å². The van der Waals surface area contributed by atoms with Gasteiger partial charge in [-0.05, 0) is 56.3 Å². The molecule has 1 aromatic carbocycles. The van der Waals surface area contributed by atoms with Gasteiger partial charge < -0.3 is 15.5 Å². The molecule has 1 aromatic heterocycles. The number of pyridine rings is 1. The zero-order valence-corrected chi connectivity index (χ0v) is 18.4. The highest BCUT2D eigenvalue weighted by atomic mass is 19.4. The Balaban J connectivity index is 1.51. The standard InChI is InChI=1S/C24H25F5N4O/c25-16-8-15(9-17(26)10-16)18-11-30-12-19(21(34)31-13-22(3-4-22)24(27,28)29)20(18)33-7-5-23(14-33)2-1-6-32-23/h8-12,32H,1-7,13-14H2,(H,31,34). The van der Waals surface area contributed by atoms with Gasteiger partial charge in [0.1, 0.15) is 11.6 Å². The molecular weight excluding hydrogens is 455 g/mol. The summed E-state index contributed by atoms with van der Waals surface area (Å²) in [6.45, 7) is 1.54. The van der Waals surface area contributed by atoms with Gasteiger partial charge in [0, 0.05) is 49.2 Å². The zero-order valence-electron chi connectivity index (χ0n) is 18.4. The highest BCUT2D eigenvalue weighted by molar-refractivity contribution is 6.03. The molecule has 1 spiro atoms. The molecule has 5 rings (SSSR count). The molecule has 34 heavy (non-hydrogen) atoms. The first-order chi connectivity index (χ1) is 16.1. The lowest BCUT2D eigenvalue weighted by Gasteiger charge is -2.28. The van der Waals surface area contributed by atoms with E-state index in [-0.39, 0.29) is 29.5 Å². The summed E-state index contributed by atoms with van der Waals surface area (Å²) in [6, 6.07) is 3.08. The SMILES string of the molecule is O=C(NCC1(C(F)(F)F)CC1)c1cncc(-c2cc(F)cc(F)c2)c1N1CCC2(CCCN2)C1. The van der Waals surface area contributed by atoms with E-state index in [1.54, 1.807) is 0 Å². The van der Waals surface area contributed by atoms with Crippen LogP contribution >= 0.6 is 0 Å². The predicted molar refractivity (Wildman–Crippen MR) is 116 cm³/mol. The third-order valence-electron chi connectivity index (χ3n) is 7.38. The number of amides is 1. The molecule has 1 saturated carbocycles. The first kappa shape index (κ1) is 23.0. The van der Waals surface area contributed by atoms with Crippen molar-refractivity contribution in [1.82, 2.24) is 15.6 Å². The summed E-state index contributed by atoms with van der Waals surface area (Å²) in [5, 5.41) is 5.97. The van der Waals surface area contributed by atoms with E-state index in [1.807, 2.05) is 4.90 Å². The quantitative estimate of drug-likeness (QED) is 0.622. The van der Waals surface area contributed by atoms with Crippen molar-refractivity contribution < 1.29 is 26.7 Å². The van der Waals surface area contributed by atoms with E-state index in [2.05, 4.69) is 15.6 Å². The van der Waals surface area contributed by atoms with Crippen molar-refractivity contribution in [2.75, 3.05) is 31.1 Å². The maximum absolute atomic E-state index is 14.0. The second kappa shape index (κ2) is 8.18. The van der Waals surface area contributed by atoms with E-state index in [9.17, 15) is 26.7 Å². The number of nitrogens with one attached hydrogen (secondary N) is 2. The topological polar surface area (TPSA) is 57.3 Å². The van der Waals surface area contributed by atoms with Crippen LogP contribution in [0.3, 0.4) is 0 Å². The fourth-order valence-electron chi connectivity index (χ4n) is 5.22. The van der Waals surface area contributed by atoms with E-state index in [1.165, 1.54) is 12.4 Å². The van der Waals surface area contributed by atoms with Gasteiger partial charge in [0.15, 0.2) is 0 Å². The molecule has 0 radical (unpaired) electrons. The molecule has 2 saturated heterocycles.